The van der Waals surface area contributed by atoms with Crippen LogP contribution in [0.25, 0.3) is 0 Å². The molecule has 1 aromatic heterocycles. The van der Waals surface area contributed by atoms with Crippen LogP contribution in [0.1, 0.15) is 39.7 Å². The van der Waals surface area contributed by atoms with Gasteiger partial charge in [-0.05, 0) is 24.1 Å². The zero-order chi connectivity index (χ0) is 18.1. The van der Waals surface area contributed by atoms with Crippen molar-refractivity contribution in [3.63, 3.8) is 0 Å². The van der Waals surface area contributed by atoms with Crippen molar-refractivity contribution in [2.24, 2.45) is 0 Å². The molecule has 0 unspecified atom stereocenters. The average Bonchev–Trinajstić information content (AvgIpc) is 2.49. The van der Waals surface area contributed by atoms with Crippen molar-refractivity contribution in [3.8, 4) is 0 Å². The van der Waals surface area contributed by atoms with E-state index in [0.717, 1.165) is 12.1 Å². The van der Waals surface area contributed by atoms with Gasteiger partial charge in [-0.2, -0.15) is 18.3 Å². The van der Waals surface area contributed by atoms with E-state index in [4.69, 9.17) is 5.11 Å². The fraction of sp³-hybridized carbons (Fsp3) is 0.267. The molecule has 5 nitrogen and oxygen atoms in total. The number of H-pyrrole nitrogens is 1. The Morgan fingerprint density at radius 2 is 2.00 bits per heavy atom. The van der Waals surface area contributed by atoms with E-state index in [1.54, 1.807) is 0 Å². The van der Waals surface area contributed by atoms with Crippen LogP contribution >= 0.6 is 0 Å². The molecule has 0 aliphatic rings. The minimum absolute atomic E-state index is 0.126. The van der Waals surface area contributed by atoms with Crippen LogP contribution in [0.2, 0.25) is 0 Å². The quantitative estimate of drug-likeness (QED) is 0.836. The Balaban J connectivity index is 2.57. The molecule has 24 heavy (non-hydrogen) atoms. The Morgan fingerprint density at radius 1 is 1.33 bits per heavy atom. The molecule has 0 aliphatic heterocycles. The summed E-state index contributed by atoms with van der Waals surface area (Å²) in [6.45, 7) is 1.41. The number of hydrogen-bond donors (Lipinski definition) is 2. The number of rotatable bonds is 4. The maximum Gasteiger partial charge on any atom is 0.418 e. The van der Waals surface area contributed by atoms with Gasteiger partial charge in [0.05, 0.1) is 16.8 Å². The van der Waals surface area contributed by atoms with Crippen LogP contribution in [0.3, 0.4) is 0 Å². The van der Waals surface area contributed by atoms with Crippen molar-refractivity contribution in [3.05, 3.63) is 62.3 Å². The standard InChI is InChI=1S/C15H12F4N2O3/c1-2-8-12(15(17,18)19)11(20-21-13(8)22)6-7-3-4-10(16)9(5-7)14(23)24/h3-5H,2,6H2,1H3,(H,21,22)(H,23,24). The summed E-state index contributed by atoms with van der Waals surface area (Å²) in [6.07, 6.45) is -5.35. The maximum absolute atomic E-state index is 13.4. The van der Waals surface area contributed by atoms with Crippen LogP contribution in [0.4, 0.5) is 17.6 Å². The highest BCUT2D eigenvalue weighted by Crippen LogP contribution is 2.33. The topological polar surface area (TPSA) is 83.0 Å². The fourth-order valence-electron chi connectivity index (χ4n) is 2.37. The van der Waals surface area contributed by atoms with E-state index in [2.05, 4.69) is 5.10 Å². The first-order chi connectivity index (χ1) is 11.1. The highest BCUT2D eigenvalue weighted by molar-refractivity contribution is 5.88. The van der Waals surface area contributed by atoms with Crippen molar-refractivity contribution in [1.82, 2.24) is 10.2 Å². The summed E-state index contributed by atoms with van der Waals surface area (Å²) >= 11 is 0. The summed E-state index contributed by atoms with van der Waals surface area (Å²) in [7, 11) is 0. The molecule has 0 fully saturated rings. The molecule has 0 saturated heterocycles. The van der Waals surface area contributed by atoms with Gasteiger partial charge in [0, 0.05) is 12.0 Å². The predicted octanol–water partition coefficient (Wildman–Crippen LogP) is 2.78. The number of benzene rings is 1. The number of aromatic amines is 1. The summed E-state index contributed by atoms with van der Waals surface area (Å²) in [4.78, 5) is 22.5. The molecule has 0 saturated carbocycles. The predicted molar refractivity (Wildman–Crippen MR) is 75.4 cm³/mol. The van der Waals surface area contributed by atoms with Crippen LogP contribution in [-0.2, 0) is 19.0 Å². The van der Waals surface area contributed by atoms with Crippen molar-refractivity contribution >= 4 is 5.97 Å². The zero-order valence-electron chi connectivity index (χ0n) is 12.4. The lowest BCUT2D eigenvalue weighted by atomic mass is 9.99. The minimum atomic E-state index is -4.79. The van der Waals surface area contributed by atoms with E-state index < -0.39 is 52.3 Å². The van der Waals surface area contributed by atoms with Crippen LogP contribution in [0.15, 0.2) is 23.0 Å². The number of aromatic carboxylic acids is 1. The van der Waals surface area contributed by atoms with Crippen LogP contribution in [0, 0.1) is 5.82 Å². The number of nitrogens with one attached hydrogen (secondary N) is 1. The van der Waals surface area contributed by atoms with Gasteiger partial charge in [0.1, 0.15) is 5.82 Å². The Hall–Kier alpha value is -2.71. The van der Waals surface area contributed by atoms with Gasteiger partial charge >= 0.3 is 12.1 Å². The smallest absolute Gasteiger partial charge is 0.418 e. The Morgan fingerprint density at radius 3 is 2.54 bits per heavy atom. The molecule has 2 aromatic rings. The number of carboxylic acids is 1. The molecule has 0 amide bonds. The molecule has 9 heteroatoms. The molecule has 0 spiro atoms. The zero-order valence-corrected chi connectivity index (χ0v) is 12.4. The second kappa shape index (κ2) is 6.42. The van der Waals surface area contributed by atoms with Gasteiger partial charge in [-0.15, -0.1) is 0 Å². The van der Waals surface area contributed by atoms with Gasteiger partial charge in [0.25, 0.3) is 5.56 Å². The molecule has 2 N–H and O–H groups in total. The Kier molecular flexibility index (Phi) is 4.72. The number of carbonyl (C=O) groups is 1. The van der Waals surface area contributed by atoms with E-state index in [1.807, 2.05) is 5.10 Å². The van der Waals surface area contributed by atoms with E-state index in [-0.39, 0.29) is 12.0 Å². The Bertz CT molecular complexity index is 844. The summed E-state index contributed by atoms with van der Waals surface area (Å²) in [5.74, 6) is -2.53. The van der Waals surface area contributed by atoms with Gasteiger partial charge < -0.3 is 5.11 Å². The number of alkyl halides is 3. The lowest BCUT2D eigenvalue weighted by Gasteiger charge is -2.15. The van der Waals surface area contributed by atoms with Gasteiger partial charge in [-0.25, -0.2) is 14.3 Å². The second-order valence-electron chi connectivity index (χ2n) is 5.00. The van der Waals surface area contributed by atoms with Crippen LogP contribution in [0.5, 0.6) is 0 Å². The van der Waals surface area contributed by atoms with E-state index in [1.165, 1.54) is 13.0 Å². The van der Waals surface area contributed by atoms with Gasteiger partial charge in [-0.3, -0.25) is 4.79 Å². The van der Waals surface area contributed by atoms with Crippen LogP contribution < -0.4 is 5.56 Å². The number of carboxylic acid groups (broad SMARTS) is 1. The molecule has 2 rings (SSSR count). The minimum Gasteiger partial charge on any atom is -0.478 e. The third kappa shape index (κ3) is 3.44. The number of halogens is 4. The number of aromatic nitrogens is 2. The molecule has 1 aromatic carbocycles. The van der Waals surface area contributed by atoms with Gasteiger partial charge in [0.15, 0.2) is 0 Å². The third-order valence-electron chi connectivity index (χ3n) is 3.43. The molecule has 0 bridgehead atoms. The van der Waals surface area contributed by atoms with Crippen molar-refractivity contribution < 1.29 is 27.5 Å². The van der Waals surface area contributed by atoms with E-state index in [9.17, 15) is 27.2 Å². The summed E-state index contributed by atoms with van der Waals surface area (Å²) in [5.41, 5.74) is -3.51. The van der Waals surface area contributed by atoms with Gasteiger partial charge in [-0.1, -0.05) is 13.0 Å². The molecule has 128 valence electrons. The summed E-state index contributed by atoms with van der Waals surface area (Å²) < 4.78 is 53.3. The normalized spacial score (nSPS) is 11.5. The third-order valence-corrected chi connectivity index (χ3v) is 3.43. The highest BCUT2D eigenvalue weighted by atomic mass is 19.4. The molecule has 0 aliphatic carbocycles. The largest absolute Gasteiger partial charge is 0.478 e. The maximum atomic E-state index is 13.4. The molecule has 1 heterocycles. The molecule has 0 radical (unpaired) electrons. The van der Waals surface area contributed by atoms with Crippen molar-refractivity contribution in [2.45, 2.75) is 25.9 Å². The van der Waals surface area contributed by atoms with Gasteiger partial charge in [0.2, 0.25) is 0 Å². The van der Waals surface area contributed by atoms with E-state index in [0.29, 0.717) is 0 Å². The average molecular weight is 344 g/mol. The molecular weight excluding hydrogens is 332 g/mol. The van der Waals surface area contributed by atoms with Crippen LogP contribution in [-0.4, -0.2) is 21.3 Å². The van der Waals surface area contributed by atoms with E-state index >= 15 is 0 Å². The molecular formula is C15H12F4N2O3. The first-order valence-electron chi connectivity index (χ1n) is 6.84. The first kappa shape index (κ1) is 17.6. The SMILES string of the molecule is CCc1c(C(F)(F)F)c(Cc2ccc(F)c(C(=O)O)c2)n[nH]c1=O. The second-order valence-corrected chi connectivity index (χ2v) is 5.00. The summed E-state index contributed by atoms with van der Waals surface area (Å²) in [6, 6.07) is 2.97. The Labute approximate surface area is 133 Å². The summed E-state index contributed by atoms with van der Waals surface area (Å²) in [5, 5.41) is 14.3. The van der Waals surface area contributed by atoms with Crippen molar-refractivity contribution in [2.75, 3.05) is 0 Å². The molecule has 0 atom stereocenters. The monoisotopic (exact) mass is 344 g/mol. The fourth-order valence-corrected chi connectivity index (χ4v) is 2.37. The number of hydrogen-bond acceptors (Lipinski definition) is 3. The number of nitrogens with zero attached hydrogens (tertiary/aromatic N) is 1. The first-order valence-corrected chi connectivity index (χ1v) is 6.84. The highest BCUT2D eigenvalue weighted by Gasteiger charge is 2.37. The lowest BCUT2D eigenvalue weighted by Crippen LogP contribution is -2.25. The van der Waals surface area contributed by atoms with Crippen molar-refractivity contribution in [1.29, 1.82) is 0 Å². The lowest BCUT2D eigenvalue weighted by molar-refractivity contribution is -0.139.